The molecule has 0 heterocycles. The third kappa shape index (κ3) is 3.67. The van der Waals surface area contributed by atoms with E-state index in [-0.39, 0.29) is 18.0 Å². The van der Waals surface area contributed by atoms with Crippen molar-refractivity contribution in [2.24, 2.45) is 5.73 Å². The predicted octanol–water partition coefficient (Wildman–Crippen LogP) is 1.37. The zero-order valence-corrected chi connectivity index (χ0v) is 9.55. The molecule has 0 unspecified atom stereocenters. The molecule has 4 nitrogen and oxygen atoms in total. The van der Waals surface area contributed by atoms with Gasteiger partial charge in [0.2, 0.25) is 0 Å². The average molecular weight is 250 g/mol. The Morgan fingerprint density at radius 1 is 1.50 bits per heavy atom. The summed E-state index contributed by atoms with van der Waals surface area (Å²) in [6.45, 7) is 0.650. The second kappa shape index (κ2) is 7.03. The van der Waals surface area contributed by atoms with E-state index in [1.165, 1.54) is 19.2 Å². The van der Waals surface area contributed by atoms with Crippen molar-refractivity contribution in [1.29, 1.82) is 0 Å². The molecule has 0 aromatic heterocycles. The predicted molar refractivity (Wildman–Crippen MR) is 59.5 cm³/mol. The molecule has 0 saturated heterocycles. The zero-order chi connectivity index (χ0) is 11.3. The van der Waals surface area contributed by atoms with Crippen molar-refractivity contribution < 1.29 is 18.7 Å². The van der Waals surface area contributed by atoms with Gasteiger partial charge < -0.3 is 15.2 Å². The second-order valence-corrected chi connectivity index (χ2v) is 2.77. The fraction of sp³-hybridized carbons (Fsp3) is 0.300. The molecule has 1 aromatic rings. The molecule has 0 bridgehead atoms. The van der Waals surface area contributed by atoms with Gasteiger partial charge >= 0.3 is 5.97 Å². The monoisotopic (exact) mass is 249 g/mol. The highest BCUT2D eigenvalue weighted by atomic mass is 35.5. The molecular weight excluding hydrogens is 237 g/mol. The van der Waals surface area contributed by atoms with E-state index in [1.807, 2.05) is 0 Å². The van der Waals surface area contributed by atoms with Crippen LogP contribution in [0.1, 0.15) is 10.4 Å². The summed E-state index contributed by atoms with van der Waals surface area (Å²) >= 11 is 0. The molecule has 0 spiro atoms. The summed E-state index contributed by atoms with van der Waals surface area (Å²) in [5.74, 6) is -1.04. The number of ether oxygens (including phenoxy) is 2. The number of methoxy groups -OCH3 is 1. The molecule has 0 radical (unpaired) electrons. The normalized spacial score (nSPS) is 9.19. The van der Waals surface area contributed by atoms with Crippen molar-refractivity contribution in [2.75, 3.05) is 20.3 Å². The average Bonchev–Trinajstić information content (AvgIpc) is 2.25. The van der Waals surface area contributed by atoms with E-state index in [2.05, 4.69) is 4.74 Å². The van der Waals surface area contributed by atoms with Crippen molar-refractivity contribution in [1.82, 2.24) is 0 Å². The van der Waals surface area contributed by atoms with Crippen LogP contribution in [0.15, 0.2) is 18.2 Å². The molecule has 1 rings (SSSR count). The van der Waals surface area contributed by atoms with Crippen LogP contribution >= 0.6 is 12.4 Å². The summed E-state index contributed by atoms with van der Waals surface area (Å²) in [5, 5.41) is 0. The van der Waals surface area contributed by atoms with E-state index in [0.717, 1.165) is 6.07 Å². The number of carbonyl (C=O) groups excluding carboxylic acids is 1. The fourth-order valence-corrected chi connectivity index (χ4v) is 1.04. The van der Waals surface area contributed by atoms with Crippen molar-refractivity contribution >= 4 is 18.4 Å². The molecular formula is C10H13ClFNO3. The molecule has 0 aliphatic heterocycles. The molecule has 90 valence electrons. The van der Waals surface area contributed by atoms with Crippen LogP contribution in [0.5, 0.6) is 5.75 Å². The first-order valence-electron chi connectivity index (χ1n) is 4.39. The first kappa shape index (κ1) is 14.7. The maximum Gasteiger partial charge on any atom is 0.340 e. The lowest BCUT2D eigenvalue weighted by molar-refractivity contribution is 0.0595. The number of hydrogen-bond donors (Lipinski definition) is 1. The molecule has 0 amide bonds. The SMILES string of the molecule is COC(=O)c1ccc(OCCN)cc1F.Cl. The van der Waals surface area contributed by atoms with Crippen LogP contribution in [-0.2, 0) is 4.74 Å². The van der Waals surface area contributed by atoms with E-state index >= 15 is 0 Å². The maximum absolute atomic E-state index is 13.3. The minimum atomic E-state index is -0.710. The van der Waals surface area contributed by atoms with Gasteiger partial charge in [-0.05, 0) is 12.1 Å². The van der Waals surface area contributed by atoms with E-state index in [4.69, 9.17) is 10.5 Å². The number of esters is 1. The van der Waals surface area contributed by atoms with E-state index in [9.17, 15) is 9.18 Å². The largest absolute Gasteiger partial charge is 0.492 e. The third-order valence-corrected chi connectivity index (χ3v) is 1.73. The molecule has 0 aliphatic carbocycles. The Morgan fingerprint density at radius 2 is 2.19 bits per heavy atom. The van der Waals surface area contributed by atoms with Crippen molar-refractivity contribution in [3.63, 3.8) is 0 Å². The van der Waals surface area contributed by atoms with Gasteiger partial charge in [-0.3, -0.25) is 0 Å². The van der Waals surface area contributed by atoms with E-state index in [0.29, 0.717) is 18.9 Å². The lowest BCUT2D eigenvalue weighted by atomic mass is 10.2. The topological polar surface area (TPSA) is 61.5 Å². The van der Waals surface area contributed by atoms with Crippen molar-refractivity contribution in [3.8, 4) is 5.75 Å². The van der Waals surface area contributed by atoms with Crippen molar-refractivity contribution in [2.45, 2.75) is 0 Å². The van der Waals surface area contributed by atoms with Gasteiger partial charge in [-0.15, -0.1) is 12.4 Å². The molecule has 6 heteroatoms. The lowest BCUT2D eigenvalue weighted by Gasteiger charge is -2.06. The summed E-state index contributed by atoms with van der Waals surface area (Å²) < 4.78 is 22.8. The van der Waals surface area contributed by atoms with Crippen LogP contribution in [0.4, 0.5) is 4.39 Å². The second-order valence-electron chi connectivity index (χ2n) is 2.77. The number of nitrogens with two attached hydrogens (primary N) is 1. The number of carbonyl (C=O) groups is 1. The number of benzene rings is 1. The van der Waals surface area contributed by atoms with Gasteiger partial charge in [0.15, 0.2) is 0 Å². The first-order chi connectivity index (χ1) is 7.19. The Balaban J connectivity index is 0.00000225. The fourth-order valence-electron chi connectivity index (χ4n) is 1.04. The summed E-state index contributed by atoms with van der Waals surface area (Å²) in [7, 11) is 1.20. The van der Waals surface area contributed by atoms with E-state index in [1.54, 1.807) is 0 Å². The zero-order valence-electron chi connectivity index (χ0n) is 8.73. The summed E-state index contributed by atoms with van der Waals surface area (Å²) in [6.07, 6.45) is 0. The van der Waals surface area contributed by atoms with Gasteiger partial charge in [0.25, 0.3) is 0 Å². The van der Waals surface area contributed by atoms with Gasteiger partial charge in [-0.2, -0.15) is 0 Å². The van der Waals surface area contributed by atoms with Gasteiger partial charge in [0.05, 0.1) is 12.7 Å². The molecule has 0 saturated carbocycles. The summed E-state index contributed by atoms with van der Waals surface area (Å²) in [4.78, 5) is 11.0. The molecule has 16 heavy (non-hydrogen) atoms. The highest BCUT2D eigenvalue weighted by Gasteiger charge is 2.12. The Bertz CT molecular complexity index is 360. The third-order valence-electron chi connectivity index (χ3n) is 1.73. The Labute approximate surface area is 98.9 Å². The van der Waals surface area contributed by atoms with Crippen molar-refractivity contribution in [3.05, 3.63) is 29.6 Å². The highest BCUT2D eigenvalue weighted by molar-refractivity contribution is 5.89. The number of hydrogen-bond acceptors (Lipinski definition) is 4. The number of rotatable bonds is 4. The first-order valence-corrected chi connectivity index (χ1v) is 4.39. The minimum Gasteiger partial charge on any atom is -0.492 e. The molecule has 0 atom stereocenters. The van der Waals surface area contributed by atoms with Crippen LogP contribution in [0.25, 0.3) is 0 Å². The molecule has 1 aromatic carbocycles. The lowest BCUT2D eigenvalue weighted by Crippen LogP contribution is -2.11. The Morgan fingerprint density at radius 3 is 2.69 bits per heavy atom. The van der Waals surface area contributed by atoms with Crippen LogP contribution in [-0.4, -0.2) is 26.2 Å². The van der Waals surface area contributed by atoms with Crippen LogP contribution in [0.3, 0.4) is 0 Å². The summed E-state index contributed by atoms with van der Waals surface area (Å²) in [5.41, 5.74) is 5.11. The maximum atomic E-state index is 13.3. The molecule has 0 fully saturated rings. The standard InChI is InChI=1S/C10H12FNO3.ClH/c1-14-10(13)8-3-2-7(6-9(8)11)15-5-4-12;/h2-3,6H,4-5,12H2,1H3;1H. The quantitative estimate of drug-likeness (QED) is 0.819. The molecule has 0 aliphatic rings. The Hall–Kier alpha value is -1.33. The van der Waals surface area contributed by atoms with Gasteiger partial charge in [-0.1, -0.05) is 0 Å². The summed E-state index contributed by atoms with van der Waals surface area (Å²) in [6, 6.07) is 3.93. The smallest absolute Gasteiger partial charge is 0.340 e. The van der Waals surface area contributed by atoms with E-state index < -0.39 is 11.8 Å². The Kier molecular flexibility index (Phi) is 6.44. The van der Waals surface area contributed by atoms with Crippen LogP contribution in [0.2, 0.25) is 0 Å². The van der Waals surface area contributed by atoms with Crippen LogP contribution < -0.4 is 10.5 Å². The van der Waals surface area contributed by atoms with Gasteiger partial charge in [-0.25, -0.2) is 9.18 Å². The number of halogens is 2. The minimum absolute atomic E-state index is 0. The highest BCUT2D eigenvalue weighted by Crippen LogP contribution is 2.17. The van der Waals surface area contributed by atoms with Crippen LogP contribution in [0, 0.1) is 5.82 Å². The van der Waals surface area contributed by atoms with Gasteiger partial charge in [0.1, 0.15) is 18.2 Å². The molecule has 2 N–H and O–H groups in total. The van der Waals surface area contributed by atoms with Gasteiger partial charge in [0, 0.05) is 12.6 Å².